The SMILES string of the molecule is Cc1cc2c(cnn2C2CCCCO2)c(-c2nccc3c2sc2nc(OC[C@]4(CN5CCC6(CC[C@@H](CC(=O)O)CO6)CC5)CC4(F)F)nc(N4CC5CCC(C4)N5C(=O)OC(C)(C)C)c23)c1C(F)(F)F. The molecule has 1 saturated carbocycles. The first-order chi connectivity index (χ1) is 33.7. The lowest BCUT2D eigenvalue weighted by molar-refractivity contribution is -0.149. The molecule has 1 amide bonds. The number of amides is 1. The van der Waals surface area contributed by atoms with Gasteiger partial charge in [0.15, 0.2) is 6.23 Å². The zero-order chi connectivity index (χ0) is 49.8. The van der Waals surface area contributed by atoms with Crippen LogP contribution in [0.25, 0.3) is 42.5 Å². The molecule has 5 aliphatic heterocycles. The number of rotatable bonds is 10. The number of hydrogen-bond acceptors (Lipinski definition) is 13. The molecular weight excluding hydrogens is 952 g/mol. The third kappa shape index (κ3) is 8.93. The second-order valence-electron chi connectivity index (χ2n) is 21.8. The number of carbonyl (C=O) groups is 2. The molecule has 21 heteroatoms. The Hall–Kier alpha value is -4.99. The summed E-state index contributed by atoms with van der Waals surface area (Å²) in [5.74, 6) is -3.47. The van der Waals surface area contributed by atoms with Gasteiger partial charge < -0.3 is 33.9 Å². The monoisotopic (exact) mass is 1010 g/mol. The van der Waals surface area contributed by atoms with Crippen LogP contribution >= 0.6 is 11.3 Å². The van der Waals surface area contributed by atoms with E-state index in [0.29, 0.717) is 103 Å². The molecule has 2 bridgehead atoms. The lowest BCUT2D eigenvalue weighted by Crippen LogP contribution is -2.57. The molecule has 5 atom stereocenters. The number of likely N-dealkylation sites (tertiary alicyclic amines) is 1. The standard InChI is InChI=1S/C50H59F5N8O7S/c1-28-19-34-33(21-57-63(34)35-7-5-6-18-67-35)37(39(28)50(53,54)55)40-41-32(11-15-56-40)38-42(61-22-30-8-9-31(23-61)62(30)45(66)70-46(2,3)4)58-44(59-43(38)71-41)68-27-47(25-49(47,51)52)26-60-16-13-48(14-17-60)12-10-29(24-69-48)20-36(64)65/h11,15,19,21,29-31,35H,5-10,12-14,16-18,20,22-27H2,1-4H3,(H,64,65)/t29-,30?,31?,35?,47+/m0/s1. The summed E-state index contributed by atoms with van der Waals surface area (Å²) in [4.78, 5) is 45.6. The predicted molar refractivity (Wildman–Crippen MR) is 254 cm³/mol. The average molecular weight is 1010 g/mol. The number of piperidine rings is 1. The van der Waals surface area contributed by atoms with Gasteiger partial charge in [-0.05, 0) is 109 Å². The molecule has 1 N–H and O–H groups in total. The summed E-state index contributed by atoms with van der Waals surface area (Å²) in [6.07, 6.45) is 3.70. The summed E-state index contributed by atoms with van der Waals surface area (Å²) in [5, 5.41) is 15.2. The van der Waals surface area contributed by atoms with E-state index in [-0.39, 0.29) is 77.8 Å². The van der Waals surface area contributed by atoms with Crippen LogP contribution in [-0.2, 0) is 25.2 Å². The Labute approximate surface area is 410 Å². The topological polar surface area (TPSA) is 158 Å². The number of fused-ring (bicyclic) bond motifs is 6. The van der Waals surface area contributed by atoms with Gasteiger partial charge in [0.25, 0.3) is 5.92 Å². The third-order valence-electron chi connectivity index (χ3n) is 15.7. The van der Waals surface area contributed by atoms with Gasteiger partial charge in [-0.15, -0.1) is 11.3 Å². The first-order valence-electron chi connectivity index (χ1n) is 24.8. The number of pyridine rings is 1. The lowest BCUT2D eigenvalue weighted by atomic mass is 9.81. The molecule has 71 heavy (non-hydrogen) atoms. The number of nitrogens with zero attached hydrogens (tertiary/aromatic N) is 8. The van der Waals surface area contributed by atoms with Gasteiger partial charge in [0.2, 0.25) is 0 Å². The van der Waals surface area contributed by atoms with E-state index in [1.807, 2.05) is 25.7 Å². The van der Waals surface area contributed by atoms with Crippen molar-refractivity contribution in [1.82, 2.24) is 34.5 Å². The van der Waals surface area contributed by atoms with Crippen molar-refractivity contribution in [1.29, 1.82) is 0 Å². The number of aliphatic carboxylic acids is 1. The van der Waals surface area contributed by atoms with Crippen LogP contribution in [0.1, 0.15) is 109 Å². The third-order valence-corrected chi connectivity index (χ3v) is 16.8. The second-order valence-corrected chi connectivity index (χ2v) is 22.8. The Morgan fingerprint density at radius 2 is 1.75 bits per heavy atom. The van der Waals surface area contributed by atoms with Crippen LogP contribution in [0.5, 0.6) is 6.01 Å². The highest BCUT2D eigenvalue weighted by Gasteiger charge is 2.72. The fourth-order valence-electron chi connectivity index (χ4n) is 12.0. The maximum Gasteiger partial charge on any atom is 0.417 e. The fourth-order valence-corrected chi connectivity index (χ4v) is 13.2. The minimum atomic E-state index is -4.76. The number of halogens is 5. The molecule has 1 aliphatic carbocycles. The fraction of sp³-hybridized carbons (Fsp3) is 0.640. The molecule has 5 aromatic rings. The average Bonchev–Trinajstić information content (AvgIpc) is 3.67. The Bertz CT molecular complexity index is 2870. The maximum absolute atomic E-state index is 15.7. The van der Waals surface area contributed by atoms with Gasteiger partial charge in [-0.1, -0.05) is 0 Å². The minimum Gasteiger partial charge on any atom is -0.481 e. The molecular formula is C50H59F5N8O7S. The Kier molecular flexibility index (Phi) is 12.0. The van der Waals surface area contributed by atoms with Gasteiger partial charge in [0.1, 0.15) is 22.9 Å². The smallest absolute Gasteiger partial charge is 0.417 e. The molecule has 5 saturated heterocycles. The summed E-state index contributed by atoms with van der Waals surface area (Å²) in [6, 6.07) is 2.65. The van der Waals surface area contributed by atoms with E-state index in [0.717, 1.165) is 37.0 Å². The number of anilines is 1. The number of hydrogen-bond donors (Lipinski definition) is 1. The van der Waals surface area contributed by atoms with E-state index < -0.39 is 47.0 Å². The summed E-state index contributed by atoms with van der Waals surface area (Å²) in [7, 11) is 0. The number of alkyl halides is 5. The van der Waals surface area contributed by atoms with Crippen molar-refractivity contribution in [3.05, 3.63) is 35.7 Å². The highest BCUT2D eigenvalue weighted by atomic mass is 32.1. The van der Waals surface area contributed by atoms with E-state index in [2.05, 4.69) is 15.0 Å². The van der Waals surface area contributed by atoms with E-state index >= 15 is 22.0 Å². The summed E-state index contributed by atoms with van der Waals surface area (Å²) in [6.45, 7) is 9.31. The first kappa shape index (κ1) is 48.3. The number of carbonyl (C=O) groups excluding carboxylic acids is 1. The zero-order valence-corrected chi connectivity index (χ0v) is 41.1. The number of benzene rings is 1. The maximum atomic E-state index is 15.7. The normalized spacial score (nSPS) is 26.7. The summed E-state index contributed by atoms with van der Waals surface area (Å²) in [5.41, 5.74) is -2.94. The number of thiophene rings is 1. The molecule has 0 radical (unpaired) electrons. The van der Waals surface area contributed by atoms with Gasteiger partial charge in [-0.2, -0.15) is 28.2 Å². The Morgan fingerprint density at radius 3 is 2.38 bits per heavy atom. The molecule has 4 aromatic heterocycles. The van der Waals surface area contributed by atoms with E-state index in [9.17, 15) is 14.7 Å². The highest BCUT2D eigenvalue weighted by molar-refractivity contribution is 7.26. The highest BCUT2D eigenvalue weighted by Crippen LogP contribution is 2.61. The van der Waals surface area contributed by atoms with Crippen molar-refractivity contribution < 1.29 is 55.6 Å². The molecule has 6 aliphatic rings. The number of ether oxygens (including phenoxy) is 4. The number of piperazine rings is 1. The van der Waals surface area contributed by atoms with E-state index in [4.69, 9.17) is 28.9 Å². The second kappa shape index (κ2) is 17.6. The van der Waals surface area contributed by atoms with Crippen molar-refractivity contribution in [2.24, 2.45) is 11.3 Å². The minimum absolute atomic E-state index is 0.00952. The Balaban J connectivity index is 0.952. The number of aromatic nitrogens is 5. The zero-order valence-electron chi connectivity index (χ0n) is 40.3. The van der Waals surface area contributed by atoms with Crippen molar-refractivity contribution >= 4 is 60.4 Å². The van der Waals surface area contributed by atoms with Crippen LogP contribution < -0.4 is 9.64 Å². The molecule has 382 valence electrons. The van der Waals surface area contributed by atoms with Crippen molar-refractivity contribution in [2.75, 3.05) is 57.4 Å². The summed E-state index contributed by atoms with van der Waals surface area (Å²) < 4.78 is 104. The summed E-state index contributed by atoms with van der Waals surface area (Å²) >= 11 is 1.14. The van der Waals surface area contributed by atoms with Gasteiger partial charge in [0.05, 0.1) is 69.2 Å². The van der Waals surface area contributed by atoms with Gasteiger partial charge in [-0.25, -0.2) is 18.3 Å². The number of carboxylic acids is 1. The first-order valence-corrected chi connectivity index (χ1v) is 25.7. The van der Waals surface area contributed by atoms with Crippen molar-refractivity contribution in [3.63, 3.8) is 0 Å². The van der Waals surface area contributed by atoms with Crippen LogP contribution in [0, 0.1) is 18.3 Å². The van der Waals surface area contributed by atoms with Crippen LogP contribution in [0.15, 0.2) is 24.5 Å². The largest absolute Gasteiger partial charge is 0.481 e. The molecule has 11 rings (SSSR count). The van der Waals surface area contributed by atoms with Crippen LogP contribution in [0.2, 0.25) is 0 Å². The predicted octanol–water partition coefficient (Wildman–Crippen LogP) is 10.0. The Morgan fingerprint density at radius 1 is 1.00 bits per heavy atom. The molecule has 1 aromatic carbocycles. The van der Waals surface area contributed by atoms with Crippen molar-refractivity contribution in [2.45, 2.75) is 140 Å². The van der Waals surface area contributed by atoms with E-state index in [1.165, 1.54) is 25.4 Å². The van der Waals surface area contributed by atoms with Gasteiger partial charge in [-0.3, -0.25) is 14.7 Å². The molecule has 15 nitrogen and oxygen atoms in total. The molecule has 9 heterocycles. The van der Waals surface area contributed by atoms with Crippen LogP contribution in [0.4, 0.5) is 32.6 Å². The number of carboxylic acid groups (broad SMARTS) is 1. The molecule has 1 spiro atoms. The number of aryl methyl sites for hydroxylation is 1. The van der Waals surface area contributed by atoms with Crippen LogP contribution in [0.3, 0.4) is 0 Å². The van der Waals surface area contributed by atoms with E-state index in [1.54, 1.807) is 15.6 Å². The van der Waals surface area contributed by atoms with Crippen molar-refractivity contribution in [3.8, 4) is 17.3 Å². The molecule has 6 fully saturated rings. The lowest BCUT2D eigenvalue weighted by Gasteiger charge is -2.46. The quantitative estimate of drug-likeness (QED) is 0.132. The molecule has 3 unspecified atom stereocenters. The van der Waals surface area contributed by atoms with Crippen LogP contribution in [-0.4, -0.2) is 133 Å². The van der Waals surface area contributed by atoms with Gasteiger partial charge in [0, 0.05) is 68.3 Å². The van der Waals surface area contributed by atoms with Gasteiger partial charge >= 0.3 is 24.2 Å².